The number of aromatic nitrogens is 2. The molecule has 0 fully saturated rings. The molecule has 2 rings (SSSR count). The van der Waals surface area contributed by atoms with E-state index in [1.807, 2.05) is 18.2 Å². The first kappa shape index (κ1) is 12.4. The van der Waals surface area contributed by atoms with Crippen LogP contribution in [0.15, 0.2) is 24.3 Å². The Labute approximate surface area is 106 Å². The largest absolute Gasteiger partial charge is 0.385 e. The number of rotatable bonds is 5. The molecule has 0 N–H and O–H groups in total. The number of hydrogen-bond donors (Lipinski definition) is 0. The van der Waals surface area contributed by atoms with Crippen molar-refractivity contribution >= 4 is 22.6 Å². The normalized spacial score (nSPS) is 13.1. The fourth-order valence-corrected chi connectivity index (χ4v) is 2.29. The number of benzene rings is 1. The summed E-state index contributed by atoms with van der Waals surface area (Å²) in [5.41, 5.74) is 2.15. The van der Waals surface area contributed by atoms with Crippen LogP contribution < -0.4 is 0 Å². The fourth-order valence-electron chi connectivity index (χ4n) is 2.10. The molecule has 92 valence electrons. The maximum atomic E-state index is 5.97. The zero-order chi connectivity index (χ0) is 12.3. The van der Waals surface area contributed by atoms with E-state index in [9.17, 15) is 0 Å². The van der Waals surface area contributed by atoms with Gasteiger partial charge in [0.25, 0.3) is 0 Å². The van der Waals surface area contributed by atoms with E-state index in [1.54, 1.807) is 7.11 Å². The number of para-hydroxylation sites is 2. The Balaban J connectivity index is 2.42. The summed E-state index contributed by atoms with van der Waals surface area (Å²) >= 11 is 5.97. The van der Waals surface area contributed by atoms with Crippen molar-refractivity contribution in [1.82, 2.24) is 9.55 Å². The molecule has 3 nitrogen and oxygen atoms in total. The van der Waals surface area contributed by atoms with Gasteiger partial charge >= 0.3 is 0 Å². The lowest BCUT2D eigenvalue weighted by atomic mass is 10.2. The summed E-state index contributed by atoms with van der Waals surface area (Å²) in [6.07, 6.45) is 0.959. The summed E-state index contributed by atoms with van der Waals surface area (Å²) < 4.78 is 7.34. The molecule has 1 aromatic carbocycles. The van der Waals surface area contributed by atoms with E-state index < -0.39 is 0 Å². The Hall–Kier alpha value is -1.06. The molecular weight excluding hydrogens is 236 g/mol. The van der Waals surface area contributed by atoms with E-state index >= 15 is 0 Å². The van der Waals surface area contributed by atoms with E-state index in [0.717, 1.165) is 29.9 Å². The highest BCUT2D eigenvalue weighted by atomic mass is 35.5. The zero-order valence-electron chi connectivity index (χ0n) is 10.2. The van der Waals surface area contributed by atoms with Gasteiger partial charge in [-0.3, -0.25) is 0 Å². The standard InChI is InChI=1S/C13H17ClN2O/c1-10(7-8-17-2)16-12-6-4-3-5-11(12)15-13(16)9-14/h3-6,10H,7-9H2,1-2H3. The molecular formula is C13H17ClN2O. The third kappa shape index (κ3) is 2.45. The van der Waals surface area contributed by atoms with Gasteiger partial charge in [0, 0.05) is 19.8 Å². The van der Waals surface area contributed by atoms with E-state index in [-0.39, 0.29) is 0 Å². The number of halogens is 1. The molecule has 0 saturated carbocycles. The smallest absolute Gasteiger partial charge is 0.125 e. The van der Waals surface area contributed by atoms with E-state index in [4.69, 9.17) is 16.3 Å². The number of alkyl halides is 1. The number of ether oxygens (including phenoxy) is 1. The molecule has 0 spiro atoms. The Morgan fingerprint density at radius 2 is 2.18 bits per heavy atom. The molecule has 1 unspecified atom stereocenters. The maximum absolute atomic E-state index is 5.97. The third-order valence-corrected chi connectivity index (χ3v) is 3.21. The van der Waals surface area contributed by atoms with Crippen LogP contribution in [0.2, 0.25) is 0 Å². The second-order valence-electron chi connectivity index (χ2n) is 4.15. The third-order valence-electron chi connectivity index (χ3n) is 2.97. The lowest BCUT2D eigenvalue weighted by molar-refractivity contribution is 0.181. The van der Waals surface area contributed by atoms with Gasteiger partial charge in [0.2, 0.25) is 0 Å². The molecule has 0 amide bonds. The molecule has 0 radical (unpaired) electrons. The van der Waals surface area contributed by atoms with Crippen LogP contribution in [0.1, 0.15) is 25.2 Å². The predicted octanol–water partition coefficient (Wildman–Crippen LogP) is 3.37. The minimum absolute atomic E-state index is 0.344. The van der Waals surface area contributed by atoms with Gasteiger partial charge in [-0.25, -0.2) is 4.98 Å². The predicted molar refractivity (Wildman–Crippen MR) is 70.5 cm³/mol. The van der Waals surface area contributed by atoms with Gasteiger partial charge in [0.05, 0.1) is 16.9 Å². The maximum Gasteiger partial charge on any atom is 0.125 e. The highest BCUT2D eigenvalue weighted by Gasteiger charge is 2.14. The molecule has 17 heavy (non-hydrogen) atoms. The molecule has 4 heteroatoms. The van der Waals surface area contributed by atoms with Gasteiger partial charge in [-0.2, -0.15) is 0 Å². The van der Waals surface area contributed by atoms with Crippen molar-refractivity contribution in [2.45, 2.75) is 25.3 Å². The molecule has 0 bridgehead atoms. The topological polar surface area (TPSA) is 27.1 Å². The van der Waals surface area contributed by atoms with Gasteiger partial charge in [-0.15, -0.1) is 11.6 Å². The summed E-state index contributed by atoms with van der Waals surface area (Å²) in [5, 5.41) is 0. The summed E-state index contributed by atoms with van der Waals surface area (Å²) in [6.45, 7) is 2.92. The molecule has 0 aliphatic rings. The van der Waals surface area contributed by atoms with Crippen molar-refractivity contribution in [3.8, 4) is 0 Å². The molecule has 0 aliphatic heterocycles. The average molecular weight is 253 g/mol. The van der Waals surface area contributed by atoms with Gasteiger partial charge in [0.15, 0.2) is 0 Å². The van der Waals surface area contributed by atoms with Crippen LogP contribution in [-0.2, 0) is 10.6 Å². The van der Waals surface area contributed by atoms with Gasteiger partial charge in [-0.1, -0.05) is 12.1 Å². The Kier molecular flexibility index (Phi) is 4.02. The second-order valence-corrected chi connectivity index (χ2v) is 4.42. The van der Waals surface area contributed by atoms with Crippen LogP contribution in [0.5, 0.6) is 0 Å². The SMILES string of the molecule is COCCC(C)n1c(CCl)nc2ccccc21. The Bertz CT molecular complexity index is 495. The minimum Gasteiger partial charge on any atom is -0.385 e. The van der Waals surface area contributed by atoms with Gasteiger partial charge in [-0.05, 0) is 25.5 Å². The molecule has 1 aromatic heterocycles. The van der Waals surface area contributed by atoms with Crippen LogP contribution in [0, 0.1) is 0 Å². The van der Waals surface area contributed by atoms with Crippen LogP contribution >= 0.6 is 11.6 Å². The van der Waals surface area contributed by atoms with Gasteiger partial charge < -0.3 is 9.30 Å². The Morgan fingerprint density at radius 3 is 2.88 bits per heavy atom. The van der Waals surface area contributed by atoms with Crippen LogP contribution in [0.25, 0.3) is 11.0 Å². The van der Waals surface area contributed by atoms with Crippen molar-refractivity contribution in [2.24, 2.45) is 0 Å². The fraction of sp³-hybridized carbons (Fsp3) is 0.462. The molecule has 2 aromatic rings. The highest BCUT2D eigenvalue weighted by Crippen LogP contribution is 2.23. The van der Waals surface area contributed by atoms with Crippen molar-refractivity contribution < 1.29 is 4.74 Å². The lowest BCUT2D eigenvalue weighted by Crippen LogP contribution is -2.10. The van der Waals surface area contributed by atoms with Crippen molar-refractivity contribution in [2.75, 3.05) is 13.7 Å². The number of nitrogens with zero attached hydrogens (tertiary/aromatic N) is 2. The van der Waals surface area contributed by atoms with E-state index in [0.29, 0.717) is 11.9 Å². The quantitative estimate of drug-likeness (QED) is 0.763. The molecule has 1 heterocycles. The van der Waals surface area contributed by atoms with Crippen molar-refractivity contribution in [3.63, 3.8) is 0 Å². The summed E-state index contributed by atoms with van der Waals surface area (Å²) in [4.78, 5) is 4.55. The first-order valence-electron chi connectivity index (χ1n) is 5.78. The minimum atomic E-state index is 0.344. The van der Waals surface area contributed by atoms with E-state index in [1.165, 1.54) is 0 Å². The summed E-state index contributed by atoms with van der Waals surface area (Å²) in [5.74, 6) is 1.36. The number of methoxy groups -OCH3 is 1. The first-order chi connectivity index (χ1) is 8.27. The van der Waals surface area contributed by atoms with Crippen LogP contribution in [0.3, 0.4) is 0 Å². The number of imidazole rings is 1. The lowest BCUT2D eigenvalue weighted by Gasteiger charge is -2.16. The second kappa shape index (κ2) is 5.52. The molecule has 0 saturated heterocycles. The van der Waals surface area contributed by atoms with Crippen LogP contribution in [0.4, 0.5) is 0 Å². The molecule has 0 aliphatic carbocycles. The zero-order valence-corrected chi connectivity index (χ0v) is 10.9. The first-order valence-corrected chi connectivity index (χ1v) is 6.32. The monoisotopic (exact) mass is 252 g/mol. The number of fused-ring (bicyclic) bond motifs is 1. The van der Waals surface area contributed by atoms with Crippen molar-refractivity contribution in [1.29, 1.82) is 0 Å². The van der Waals surface area contributed by atoms with Gasteiger partial charge in [0.1, 0.15) is 5.82 Å². The highest BCUT2D eigenvalue weighted by molar-refractivity contribution is 6.16. The van der Waals surface area contributed by atoms with E-state index in [2.05, 4.69) is 22.5 Å². The average Bonchev–Trinajstić information content (AvgIpc) is 2.74. The Morgan fingerprint density at radius 1 is 1.41 bits per heavy atom. The van der Waals surface area contributed by atoms with Crippen LogP contribution in [-0.4, -0.2) is 23.3 Å². The molecule has 1 atom stereocenters. The summed E-state index contributed by atoms with van der Waals surface area (Å²) in [6, 6.07) is 8.47. The van der Waals surface area contributed by atoms with Crippen molar-refractivity contribution in [3.05, 3.63) is 30.1 Å². The summed E-state index contributed by atoms with van der Waals surface area (Å²) in [7, 11) is 1.72. The number of hydrogen-bond acceptors (Lipinski definition) is 2.